The third kappa shape index (κ3) is 3.37. The summed E-state index contributed by atoms with van der Waals surface area (Å²) in [6.45, 7) is 9.81. The highest BCUT2D eigenvalue weighted by Gasteiger charge is 2.37. The van der Waals surface area contributed by atoms with Crippen LogP contribution in [0.4, 0.5) is 4.79 Å². The van der Waals surface area contributed by atoms with Crippen LogP contribution in [0.3, 0.4) is 0 Å². The molecule has 3 amide bonds. The Hall–Kier alpha value is -1.30. The molecule has 2 fully saturated rings. The minimum Gasteiger partial charge on any atom is -0.336 e. The Kier molecular flexibility index (Phi) is 3.99. The number of nitrogens with one attached hydrogen (secondary N) is 2. The molecule has 2 aliphatic heterocycles. The van der Waals surface area contributed by atoms with Gasteiger partial charge in [0.05, 0.1) is 6.04 Å². The van der Waals surface area contributed by atoms with Crippen LogP contribution < -0.4 is 10.6 Å². The van der Waals surface area contributed by atoms with Crippen LogP contribution in [-0.4, -0.2) is 66.0 Å². The molecule has 0 aromatic carbocycles. The fourth-order valence-electron chi connectivity index (χ4n) is 2.59. The molecule has 6 heteroatoms. The van der Waals surface area contributed by atoms with Gasteiger partial charge in [-0.05, 0) is 20.8 Å². The molecule has 2 saturated heterocycles. The van der Waals surface area contributed by atoms with E-state index in [-0.39, 0.29) is 23.5 Å². The molecule has 0 aromatic heterocycles. The van der Waals surface area contributed by atoms with Crippen molar-refractivity contribution in [1.29, 1.82) is 0 Å². The summed E-state index contributed by atoms with van der Waals surface area (Å²) >= 11 is 0. The van der Waals surface area contributed by atoms with Crippen molar-refractivity contribution in [3.63, 3.8) is 0 Å². The lowest BCUT2D eigenvalue weighted by Crippen LogP contribution is -2.53. The first kappa shape index (κ1) is 14.1. The Morgan fingerprint density at radius 3 is 2.47 bits per heavy atom. The van der Waals surface area contributed by atoms with Crippen molar-refractivity contribution in [2.24, 2.45) is 0 Å². The maximum Gasteiger partial charge on any atom is 0.317 e. The highest BCUT2D eigenvalue weighted by atomic mass is 16.2. The second-order valence-corrected chi connectivity index (χ2v) is 6.26. The first-order valence-corrected chi connectivity index (χ1v) is 6.94. The molecular formula is C13H24N4O2. The van der Waals surface area contributed by atoms with E-state index in [4.69, 9.17) is 0 Å². The van der Waals surface area contributed by atoms with Gasteiger partial charge in [-0.1, -0.05) is 0 Å². The molecule has 0 radical (unpaired) electrons. The lowest BCUT2D eigenvalue weighted by atomic mass is 10.1. The molecule has 0 saturated carbocycles. The topological polar surface area (TPSA) is 64.7 Å². The standard InChI is InChI=1S/C13H24N4O2/c1-13(2,3)17-9-10(8-11(17)18)15-12(19)16-6-4-14-5-7-16/h10,14H,4-9H2,1-3H3,(H,15,19). The summed E-state index contributed by atoms with van der Waals surface area (Å²) in [6.07, 6.45) is 0.412. The third-order valence-corrected chi connectivity index (χ3v) is 3.67. The van der Waals surface area contributed by atoms with E-state index in [0.29, 0.717) is 13.0 Å². The van der Waals surface area contributed by atoms with Crippen molar-refractivity contribution in [2.45, 2.75) is 38.8 Å². The van der Waals surface area contributed by atoms with Crippen LogP contribution in [0, 0.1) is 0 Å². The van der Waals surface area contributed by atoms with E-state index in [9.17, 15) is 9.59 Å². The highest BCUT2D eigenvalue weighted by Crippen LogP contribution is 2.21. The van der Waals surface area contributed by atoms with Crippen molar-refractivity contribution < 1.29 is 9.59 Å². The molecule has 2 N–H and O–H groups in total. The molecular weight excluding hydrogens is 244 g/mol. The number of likely N-dealkylation sites (tertiary alicyclic amines) is 1. The molecule has 108 valence electrons. The Labute approximate surface area is 114 Å². The zero-order valence-corrected chi connectivity index (χ0v) is 12.0. The molecule has 2 rings (SSSR count). The summed E-state index contributed by atoms with van der Waals surface area (Å²) in [6, 6.07) is -0.107. The lowest BCUT2D eigenvalue weighted by molar-refractivity contribution is -0.131. The van der Waals surface area contributed by atoms with E-state index in [0.717, 1.165) is 26.2 Å². The molecule has 0 aliphatic carbocycles. The smallest absolute Gasteiger partial charge is 0.317 e. The van der Waals surface area contributed by atoms with Crippen LogP contribution in [0.15, 0.2) is 0 Å². The zero-order valence-electron chi connectivity index (χ0n) is 12.0. The summed E-state index contributed by atoms with van der Waals surface area (Å²) in [7, 11) is 0. The number of piperazine rings is 1. The number of hydrogen-bond acceptors (Lipinski definition) is 3. The lowest BCUT2D eigenvalue weighted by Gasteiger charge is -2.32. The Bertz CT molecular complexity index is 358. The van der Waals surface area contributed by atoms with Gasteiger partial charge in [0.1, 0.15) is 0 Å². The summed E-state index contributed by atoms with van der Waals surface area (Å²) < 4.78 is 0. The van der Waals surface area contributed by atoms with Crippen molar-refractivity contribution in [3.05, 3.63) is 0 Å². The van der Waals surface area contributed by atoms with Gasteiger partial charge in [-0.15, -0.1) is 0 Å². The minimum atomic E-state index is -0.175. The normalized spacial score (nSPS) is 24.8. The Morgan fingerprint density at radius 2 is 1.95 bits per heavy atom. The predicted molar refractivity (Wildman–Crippen MR) is 72.8 cm³/mol. The van der Waals surface area contributed by atoms with Crippen molar-refractivity contribution in [3.8, 4) is 0 Å². The minimum absolute atomic E-state index is 0.0462. The largest absolute Gasteiger partial charge is 0.336 e. The van der Waals surface area contributed by atoms with Crippen LogP contribution >= 0.6 is 0 Å². The molecule has 1 atom stereocenters. The molecule has 2 aliphatic rings. The second-order valence-electron chi connectivity index (χ2n) is 6.26. The molecule has 1 unspecified atom stereocenters. The van der Waals surface area contributed by atoms with E-state index in [1.165, 1.54) is 0 Å². The number of urea groups is 1. The van der Waals surface area contributed by atoms with Gasteiger partial charge in [0, 0.05) is 44.7 Å². The summed E-state index contributed by atoms with van der Waals surface area (Å²) in [5.41, 5.74) is -0.175. The van der Waals surface area contributed by atoms with Crippen LogP contribution in [0.5, 0.6) is 0 Å². The van der Waals surface area contributed by atoms with Gasteiger partial charge in [-0.2, -0.15) is 0 Å². The number of carbonyl (C=O) groups is 2. The van der Waals surface area contributed by atoms with Crippen LogP contribution in [0.25, 0.3) is 0 Å². The summed E-state index contributed by atoms with van der Waals surface area (Å²) in [4.78, 5) is 27.7. The molecule has 0 aromatic rings. The van der Waals surface area contributed by atoms with E-state index >= 15 is 0 Å². The molecule has 2 heterocycles. The number of nitrogens with zero attached hydrogens (tertiary/aromatic N) is 2. The predicted octanol–water partition coefficient (Wildman–Crippen LogP) is 0.000600. The SMILES string of the molecule is CC(C)(C)N1CC(NC(=O)N2CCNCC2)CC1=O. The Morgan fingerprint density at radius 1 is 1.32 bits per heavy atom. The number of rotatable bonds is 1. The summed E-state index contributed by atoms with van der Waals surface area (Å²) in [5, 5.41) is 6.19. The Balaban J connectivity index is 1.87. The van der Waals surface area contributed by atoms with Crippen LogP contribution in [0.2, 0.25) is 0 Å². The van der Waals surface area contributed by atoms with Gasteiger partial charge in [-0.25, -0.2) is 4.79 Å². The maximum absolute atomic E-state index is 12.1. The van der Waals surface area contributed by atoms with Gasteiger partial charge in [0.25, 0.3) is 0 Å². The highest BCUT2D eigenvalue weighted by molar-refractivity contribution is 5.82. The molecule has 0 spiro atoms. The average Bonchev–Trinajstić information content (AvgIpc) is 2.71. The number of carbonyl (C=O) groups excluding carboxylic acids is 2. The summed E-state index contributed by atoms with van der Waals surface area (Å²) in [5.74, 6) is 0.123. The first-order valence-electron chi connectivity index (χ1n) is 6.94. The average molecular weight is 268 g/mol. The third-order valence-electron chi connectivity index (χ3n) is 3.67. The monoisotopic (exact) mass is 268 g/mol. The van der Waals surface area contributed by atoms with E-state index in [2.05, 4.69) is 10.6 Å². The molecule has 19 heavy (non-hydrogen) atoms. The molecule has 6 nitrogen and oxygen atoms in total. The fourth-order valence-corrected chi connectivity index (χ4v) is 2.59. The van der Waals surface area contributed by atoms with Crippen LogP contribution in [0.1, 0.15) is 27.2 Å². The van der Waals surface area contributed by atoms with Crippen molar-refractivity contribution >= 4 is 11.9 Å². The number of amides is 3. The van der Waals surface area contributed by atoms with E-state index in [1.54, 1.807) is 4.90 Å². The van der Waals surface area contributed by atoms with Gasteiger partial charge in [-0.3, -0.25) is 4.79 Å². The van der Waals surface area contributed by atoms with Crippen molar-refractivity contribution in [2.75, 3.05) is 32.7 Å². The fraction of sp³-hybridized carbons (Fsp3) is 0.846. The van der Waals surface area contributed by atoms with E-state index in [1.807, 2.05) is 25.7 Å². The van der Waals surface area contributed by atoms with Gasteiger partial charge >= 0.3 is 6.03 Å². The second kappa shape index (κ2) is 5.36. The van der Waals surface area contributed by atoms with Gasteiger partial charge < -0.3 is 20.4 Å². The van der Waals surface area contributed by atoms with Gasteiger partial charge in [0.2, 0.25) is 5.91 Å². The van der Waals surface area contributed by atoms with E-state index < -0.39 is 0 Å². The maximum atomic E-state index is 12.1. The van der Waals surface area contributed by atoms with Crippen LogP contribution in [-0.2, 0) is 4.79 Å². The van der Waals surface area contributed by atoms with Crippen molar-refractivity contribution in [1.82, 2.24) is 20.4 Å². The number of hydrogen-bond donors (Lipinski definition) is 2. The quantitative estimate of drug-likeness (QED) is 0.703. The zero-order chi connectivity index (χ0) is 14.0. The molecule has 0 bridgehead atoms. The van der Waals surface area contributed by atoms with Gasteiger partial charge in [0.15, 0.2) is 0 Å². The first-order chi connectivity index (χ1) is 8.88.